The molecule has 3 rings (SSSR count). The van der Waals surface area contributed by atoms with E-state index in [1.807, 2.05) is 0 Å². The molecule has 1 N–H and O–H groups in total. The zero-order chi connectivity index (χ0) is 18.0. The fourth-order valence-corrected chi connectivity index (χ4v) is 6.75. The molecule has 1 aromatic heterocycles. The van der Waals surface area contributed by atoms with Crippen LogP contribution >= 0.6 is 11.3 Å². The Balaban J connectivity index is 1.77. The number of nitrogens with one attached hydrogen (secondary N) is 1. The molecule has 0 spiro atoms. The molecule has 0 bridgehead atoms. The third kappa shape index (κ3) is 3.93. The zero-order valence-corrected chi connectivity index (χ0v) is 16.7. The molecule has 1 aliphatic heterocycles. The van der Waals surface area contributed by atoms with E-state index in [1.54, 1.807) is 11.4 Å². The van der Waals surface area contributed by atoms with E-state index in [2.05, 4.69) is 19.2 Å². The van der Waals surface area contributed by atoms with Crippen LogP contribution in [-0.2, 0) is 10.0 Å². The van der Waals surface area contributed by atoms with Crippen LogP contribution < -0.4 is 5.32 Å². The maximum atomic E-state index is 12.9. The first-order chi connectivity index (χ1) is 11.9. The minimum Gasteiger partial charge on any atom is -0.348 e. The molecule has 25 heavy (non-hydrogen) atoms. The summed E-state index contributed by atoms with van der Waals surface area (Å²) in [6.45, 7) is 5.50. The lowest BCUT2D eigenvalue weighted by Gasteiger charge is -2.34. The zero-order valence-electron chi connectivity index (χ0n) is 15.0. The van der Waals surface area contributed by atoms with E-state index in [4.69, 9.17) is 0 Å². The Morgan fingerprint density at radius 1 is 1.16 bits per heavy atom. The standard InChI is InChI=1S/C18H28N2O3S2/c1-13-7-6-8-15(14(13)2)19-18(21)17-16(9-12-24-17)25(22,23)20-10-4-3-5-11-20/h9,12-15H,3-8,10-11H2,1-2H3,(H,19,21). The number of hydrogen-bond acceptors (Lipinski definition) is 4. The highest BCUT2D eigenvalue weighted by molar-refractivity contribution is 7.89. The van der Waals surface area contributed by atoms with Crippen LogP contribution in [0.25, 0.3) is 0 Å². The van der Waals surface area contributed by atoms with Gasteiger partial charge in [0, 0.05) is 19.1 Å². The number of thiophene rings is 1. The van der Waals surface area contributed by atoms with Crippen molar-refractivity contribution in [2.24, 2.45) is 11.8 Å². The van der Waals surface area contributed by atoms with Crippen LogP contribution in [0.5, 0.6) is 0 Å². The summed E-state index contributed by atoms with van der Waals surface area (Å²) in [5.74, 6) is 0.760. The Morgan fingerprint density at radius 3 is 2.60 bits per heavy atom. The Hall–Kier alpha value is -0.920. The van der Waals surface area contributed by atoms with E-state index in [-0.39, 0.29) is 16.8 Å². The second kappa shape index (κ2) is 7.76. The summed E-state index contributed by atoms with van der Waals surface area (Å²) in [5, 5.41) is 4.81. The molecule has 0 radical (unpaired) electrons. The molecule has 1 aromatic rings. The molecule has 2 heterocycles. The predicted molar refractivity (Wildman–Crippen MR) is 100 cm³/mol. The van der Waals surface area contributed by atoms with Gasteiger partial charge in [0.15, 0.2) is 0 Å². The Bertz CT molecular complexity index is 708. The van der Waals surface area contributed by atoms with Gasteiger partial charge in [0.1, 0.15) is 9.77 Å². The highest BCUT2D eigenvalue weighted by Crippen LogP contribution is 2.31. The predicted octanol–water partition coefficient (Wildman–Crippen LogP) is 3.48. The molecule has 5 nitrogen and oxygen atoms in total. The maximum absolute atomic E-state index is 12.9. The quantitative estimate of drug-likeness (QED) is 0.864. The topological polar surface area (TPSA) is 66.5 Å². The number of carbonyl (C=O) groups is 1. The molecule has 7 heteroatoms. The SMILES string of the molecule is CC1CCCC(NC(=O)c2sccc2S(=O)(=O)N2CCCCC2)C1C. The lowest BCUT2D eigenvalue weighted by molar-refractivity contribution is 0.0892. The molecule has 1 aliphatic carbocycles. The van der Waals surface area contributed by atoms with Crippen molar-refractivity contribution in [3.05, 3.63) is 16.3 Å². The molecular weight excluding hydrogens is 356 g/mol. The van der Waals surface area contributed by atoms with Gasteiger partial charge in [-0.3, -0.25) is 4.79 Å². The van der Waals surface area contributed by atoms with Gasteiger partial charge in [-0.05, 0) is 42.5 Å². The molecule has 1 amide bonds. The first-order valence-corrected chi connectivity index (χ1v) is 11.6. The van der Waals surface area contributed by atoms with Crippen molar-refractivity contribution in [1.82, 2.24) is 9.62 Å². The van der Waals surface area contributed by atoms with E-state index >= 15 is 0 Å². The van der Waals surface area contributed by atoms with Gasteiger partial charge in [-0.2, -0.15) is 4.31 Å². The van der Waals surface area contributed by atoms with Crippen molar-refractivity contribution < 1.29 is 13.2 Å². The van der Waals surface area contributed by atoms with Gasteiger partial charge in [-0.25, -0.2) is 8.42 Å². The minimum atomic E-state index is -3.58. The number of hydrogen-bond donors (Lipinski definition) is 1. The fraction of sp³-hybridized carbons (Fsp3) is 0.722. The third-order valence-corrected chi connectivity index (χ3v) is 8.77. The summed E-state index contributed by atoms with van der Waals surface area (Å²) in [5.41, 5.74) is 0. The van der Waals surface area contributed by atoms with E-state index in [1.165, 1.54) is 22.1 Å². The van der Waals surface area contributed by atoms with Gasteiger partial charge in [0.05, 0.1) is 0 Å². The summed E-state index contributed by atoms with van der Waals surface area (Å²) in [6.07, 6.45) is 6.13. The summed E-state index contributed by atoms with van der Waals surface area (Å²) < 4.78 is 27.4. The minimum absolute atomic E-state index is 0.129. The average Bonchev–Trinajstić information content (AvgIpc) is 3.10. The highest BCUT2D eigenvalue weighted by Gasteiger charge is 2.33. The molecule has 140 valence electrons. The Kier molecular flexibility index (Phi) is 5.85. The summed E-state index contributed by atoms with van der Waals surface area (Å²) >= 11 is 1.22. The molecule has 3 atom stereocenters. The van der Waals surface area contributed by atoms with Crippen LogP contribution in [-0.4, -0.2) is 37.8 Å². The van der Waals surface area contributed by atoms with Crippen molar-refractivity contribution in [2.45, 2.75) is 63.3 Å². The molecule has 1 saturated carbocycles. The van der Waals surface area contributed by atoms with Crippen molar-refractivity contribution in [2.75, 3.05) is 13.1 Å². The normalized spacial score (nSPS) is 28.6. The smallest absolute Gasteiger partial charge is 0.262 e. The first kappa shape index (κ1) is 18.9. The third-order valence-electron chi connectivity index (χ3n) is 5.79. The van der Waals surface area contributed by atoms with Crippen LogP contribution in [0.1, 0.15) is 62.0 Å². The van der Waals surface area contributed by atoms with Gasteiger partial charge in [-0.15, -0.1) is 11.3 Å². The second-order valence-corrected chi connectivity index (χ2v) is 10.2. The van der Waals surface area contributed by atoms with Gasteiger partial charge < -0.3 is 5.32 Å². The summed E-state index contributed by atoms with van der Waals surface area (Å²) in [4.78, 5) is 13.3. The van der Waals surface area contributed by atoms with Gasteiger partial charge in [0.2, 0.25) is 10.0 Å². The molecule has 2 aliphatic rings. The average molecular weight is 385 g/mol. The van der Waals surface area contributed by atoms with E-state index in [0.29, 0.717) is 29.8 Å². The fourth-order valence-electron chi connectivity index (χ4n) is 3.93. The summed E-state index contributed by atoms with van der Waals surface area (Å²) in [6, 6.07) is 1.71. The van der Waals surface area contributed by atoms with Gasteiger partial charge in [0.25, 0.3) is 5.91 Å². The molecule has 2 fully saturated rings. The van der Waals surface area contributed by atoms with Crippen LogP contribution in [0.3, 0.4) is 0 Å². The van der Waals surface area contributed by atoms with E-state index < -0.39 is 10.0 Å². The monoisotopic (exact) mass is 384 g/mol. The highest BCUT2D eigenvalue weighted by atomic mass is 32.2. The lowest BCUT2D eigenvalue weighted by Crippen LogP contribution is -2.44. The molecule has 1 saturated heterocycles. The van der Waals surface area contributed by atoms with Crippen molar-refractivity contribution in [3.8, 4) is 0 Å². The van der Waals surface area contributed by atoms with Gasteiger partial charge in [-0.1, -0.05) is 33.1 Å². The van der Waals surface area contributed by atoms with Crippen LogP contribution in [0.4, 0.5) is 0 Å². The van der Waals surface area contributed by atoms with Crippen molar-refractivity contribution >= 4 is 27.3 Å². The number of amides is 1. The number of nitrogens with zero attached hydrogens (tertiary/aromatic N) is 1. The van der Waals surface area contributed by atoms with Crippen LogP contribution in [0.15, 0.2) is 16.3 Å². The van der Waals surface area contributed by atoms with Crippen LogP contribution in [0.2, 0.25) is 0 Å². The first-order valence-electron chi connectivity index (χ1n) is 9.29. The van der Waals surface area contributed by atoms with Crippen LogP contribution in [0, 0.1) is 11.8 Å². The van der Waals surface area contributed by atoms with E-state index in [0.717, 1.165) is 32.1 Å². The number of piperidine rings is 1. The molecular formula is C18H28N2O3S2. The van der Waals surface area contributed by atoms with E-state index in [9.17, 15) is 13.2 Å². The maximum Gasteiger partial charge on any atom is 0.262 e. The largest absolute Gasteiger partial charge is 0.348 e. The summed E-state index contributed by atoms with van der Waals surface area (Å²) in [7, 11) is -3.58. The Morgan fingerprint density at radius 2 is 1.88 bits per heavy atom. The number of sulfonamides is 1. The Labute approximate surface area is 154 Å². The van der Waals surface area contributed by atoms with Gasteiger partial charge >= 0.3 is 0 Å². The number of rotatable bonds is 4. The second-order valence-electron chi connectivity index (χ2n) is 7.43. The number of carbonyl (C=O) groups excluding carboxylic acids is 1. The molecule has 0 aromatic carbocycles. The van der Waals surface area contributed by atoms with Crippen molar-refractivity contribution in [1.29, 1.82) is 0 Å². The molecule has 3 unspecified atom stereocenters. The lowest BCUT2D eigenvalue weighted by atomic mass is 9.78. The van der Waals surface area contributed by atoms with Crippen molar-refractivity contribution in [3.63, 3.8) is 0 Å².